The molecule has 0 saturated carbocycles. The van der Waals surface area contributed by atoms with E-state index in [0.717, 1.165) is 23.6 Å². The summed E-state index contributed by atoms with van der Waals surface area (Å²) in [7, 11) is 0. The van der Waals surface area contributed by atoms with Crippen molar-refractivity contribution in [3.05, 3.63) is 63.9 Å². The van der Waals surface area contributed by atoms with Crippen molar-refractivity contribution < 1.29 is 0 Å². The van der Waals surface area contributed by atoms with Crippen LogP contribution in [0.5, 0.6) is 0 Å². The van der Waals surface area contributed by atoms with E-state index in [1.807, 2.05) is 24.4 Å². The molecule has 1 atom stereocenters. The molecule has 1 aromatic heterocycles. The molecule has 1 heterocycles. The van der Waals surface area contributed by atoms with Gasteiger partial charge in [0.25, 0.3) is 0 Å². The summed E-state index contributed by atoms with van der Waals surface area (Å²) in [6, 6.07) is 9.92. The number of benzene rings is 1. The van der Waals surface area contributed by atoms with Crippen molar-refractivity contribution in [2.75, 3.05) is 6.54 Å². The van der Waals surface area contributed by atoms with E-state index >= 15 is 0 Å². The first-order valence-electron chi connectivity index (χ1n) is 6.24. The van der Waals surface area contributed by atoms with E-state index < -0.39 is 0 Å². The second-order valence-corrected chi connectivity index (χ2v) is 5.29. The fourth-order valence-corrected chi connectivity index (χ4v) is 2.40. The highest BCUT2D eigenvalue weighted by Crippen LogP contribution is 2.21. The Morgan fingerprint density at radius 3 is 2.79 bits per heavy atom. The van der Waals surface area contributed by atoms with E-state index in [1.54, 1.807) is 12.3 Å². The summed E-state index contributed by atoms with van der Waals surface area (Å²) in [5.41, 5.74) is 2.29. The molecule has 0 bridgehead atoms. The van der Waals surface area contributed by atoms with Crippen LogP contribution in [0.2, 0.25) is 10.0 Å². The predicted molar refractivity (Wildman–Crippen MR) is 80.8 cm³/mol. The maximum atomic E-state index is 6.14. The van der Waals surface area contributed by atoms with Crippen LogP contribution < -0.4 is 5.32 Å². The van der Waals surface area contributed by atoms with Crippen molar-refractivity contribution in [2.24, 2.45) is 0 Å². The number of aromatic nitrogens is 1. The molecule has 0 radical (unpaired) electrons. The smallest absolute Gasteiger partial charge is 0.0453 e. The lowest BCUT2D eigenvalue weighted by atomic mass is 10.1. The molecule has 0 amide bonds. The molecular weight excluding hydrogens is 279 g/mol. The normalized spacial score (nSPS) is 12.4. The van der Waals surface area contributed by atoms with Gasteiger partial charge in [-0.05, 0) is 49.2 Å². The molecule has 19 heavy (non-hydrogen) atoms. The van der Waals surface area contributed by atoms with Gasteiger partial charge < -0.3 is 5.32 Å². The average Bonchev–Trinajstić information content (AvgIpc) is 2.42. The SMILES string of the molecule is CC(NCCc1ccc(Cl)cc1Cl)c1cccnc1. The molecule has 2 aromatic rings. The van der Waals surface area contributed by atoms with Gasteiger partial charge in [0.05, 0.1) is 0 Å². The molecule has 100 valence electrons. The summed E-state index contributed by atoms with van der Waals surface area (Å²) in [5, 5.41) is 4.85. The molecule has 0 saturated heterocycles. The Morgan fingerprint density at radius 2 is 2.11 bits per heavy atom. The maximum absolute atomic E-state index is 6.14. The Kier molecular flexibility index (Phi) is 5.20. The summed E-state index contributed by atoms with van der Waals surface area (Å²) in [6.07, 6.45) is 4.54. The fourth-order valence-electron chi connectivity index (χ4n) is 1.90. The minimum atomic E-state index is 0.278. The van der Waals surface area contributed by atoms with Crippen molar-refractivity contribution >= 4 is 23.2 Å². The Hall–Kier alpha value is -1.09. The number of nitrogens with one attached hydrogen (secondary N) is 1. The Morgan fingerprint density at radius 1 is 1.26 bits per heavy atom. The third-order valence-electron chi connectivity index (χ3n) is 3.04. The largest absolute Gasteiger partial charge is 0.310 e. The van der Waals surface area contributed by atoms with E-state index in [9.17, 15) is 0 Å². The van der Waals surface area contributed by atoms with Crippen LogP contribution in [0.3, 0.4) is 0 Å². The van der Waals surface area contributed by atoms with Crippen molar-refractivity contribution in [3.8, 4) is 0 Å². The zero-order chi connectivity index (χ0) is 13.7. The van der Waals surface area contributed by atoms with Crippen LogP contribution >= 0.6 is 23.2 Å². The molecule has 0 spiro atoms. The number of rotatable bonds is 5. The third-order valence-corrected chi connectivity index (χ3v) is 3.63. The lowest BCUT2D eigenvalue weighted by Gasteiger charge is -2.14. The zero-order valence-corrected chi connectivity index (χ0v) is 12.2. The Balaban J connectivity index is 1.86. The van der Waals surface area contributed by atoms with E-state index in [1.165, 1.54) is 5.56 Å². The van der Waals surface area contributed by atoms with Crippen molar-refractivity contribution in [1.82, 2.24) is 10.3 Å². The lowest BCUT2D eigenvalue weighted by molar-refractivity contribution is 0.575. The van der Waals surface area contributed by atoms with Crippen LogP contribution in [0.1, 0.15) is 24.1 Å². The van der Waals surface area contributed by atoms with Crippen LogP contribution in [-0.4, -0.2) is 11.5 Å². The summed E-state index contributed by atoms with van der Waals surface area (Å²) in [6.45, 7) is 2.98. The highest BCUT2D eigenvalue weighted by atomic mass is 35.5. The van der Waals surface area contributed by atoms with Crippen LogP contribution in [0.25, 0.3) is 0 Å². The maximum Gasteiger partial charge on any atom is 0.0453 e. The molecule has 0 aliphatic rings. The topological polar surface area (TPSA) is 24.9 Å². The van der Waals surface area contributed by atoms with Gasteiger partial charge >= 0.3 is 0 Å². The van der Waals surface area contributed by atoms with Crippen LogP contribution in [0.15, 0.2) is 42.7 Å². The number of hydrogen-bond acceptors (Lipinski definition) is 2. The van der Waals surface area contributed by atoms with Crippen LogP contribution in [0, 0.1) is 0 Å². The average molecular weight is 295 g/mol. The first-order chi connectivity index (χ1) is 9.16. The lowest BCUT2D eigenvalue weighted by Crippen LogP contribution is -2.21. The van der Waals surface area contributed by atoms with Gasteiger partial charge in [0.2, 0.25) is 0 Å². The number of hydrogen-bond donors (Lipinski definition) is 1. The summed E-state index contributed by atoms with van der Waals surface area (Å²) in [4.78, 5) is 4.12. The zero-order valence-electron chi connectivity index (χ0n) is 10.7. The summed E-state index contributed by atoms with van der Waals surface area (Å²) < 4.78 is 0. The molecule has 1 unspecified atom stereocenters. The highest BCUT2D eigenvalue weighted by molar-refractivity contribution is 6.35. The Labute approximate surface area is 123 Å². The molecular formula is C15H16Cl2N2. The van der Waals surface area contributed by atoms with Crippen molar-refractivity contribution in [2.45, 2.75) is 19.4 Å². The quantitative estimate of drug-likeness (QED) is 0.890. The van der Waals surface area contributed by atoms with E-state index in [0.29, 0.717) is 5.02 Å². The number of nitrogens with zero attached hydrogens (tertiary/aromatic N) is 1. The number of pyridine rings is 1. The fraction of sp³-hybridized carbons (Fsp3) is 0.267. The standard InChI is InChI=1S/C15H16Cl2N2/c1-11(13-3-2-7-18-10-13)19-8-6-12-4-5-14(16)9-15(12)17/h2-5,7,9-11,19H,6,8H2,1H3. The molecule has 0 aliphatic carbocycles. The van der Waals surface area contributed by atoms with Crippen molar-refractivity contribution in [3.63, 3.8) is 0 Å². The van der Waals surface area contributed by atoms with Gasteiger partial charge in [-0.25, -0.2) is 0 Å². The molecule has 0 fully saturated rings. The molecule has 0 aliphatic heterocycles. The van der Waals surface area contributed by atoms with E-state index in [4.69, 9.17) is 23.2 Å². The van der Waals surface area contributed by atoms with Gasteiger partial charge in [-0.3, -0.25) is 4.98 Å². The number of halogens is 2. The van der Waals surface area contributed by atoms with Crippen LogP contribution in [0.4, 0.5) is 0 Å². The highest BCUT2D eigenvalue weighted by Gasteiger charge is 2.05. The first kappa shape index (κ1) is 14.3. The second kappa shape index (κ2) is 6.90. The van der Waals surface area contributed by atoms with Crippen molar-refractivity contribution in [1.29, 1.82) is 0 Å². The van der Waals surface area contributed by atoms with Gasteiger partial charge in [-0.1, -0.05) is 35.3 Å². The molecule has 2 nitrogen and oxygen atoms in total. The molecule has 4 heteroatoms. The minimum Gasteiger partial charge on any atom is -0.310 e. The minimum absolute atomic E-state index is 0.278. The van der Waals surface area contributed by atoms with Gasteiger partial charge in [-0.2, -0.15) is 0 Å². The first-order valence-corrected chi connectivity index (χ1v) is 6.99. The van der Waals surface area contributed by atoms with Crippen LogP contribution in [-0.2, 0) is 6.42 Å². The summed E-state index contributed by atoms with van der Waals surface area (Å²) >= 11 is 12.0. The van der Waals surface area contributed by atoms with Gasteiger partial charge in [0.1, 0.15) is 0 Å². The predicted octanol–water partition coefficient (Wildman–Crippen LogP) is 4.28. The molecule has 1 N–H and O–H groups in total. The van der Waals surface area contributed by atoms with Gasteiger partial charge in [-0.15, -0.1) is 0 Å². The third kappa shape index (κ3) is 4.20. The monoisotopic (exact) mass is 294 g/mol. The van der Waals surface area contributed by atoms with E-state index in [-0.39, 0.29) is 6.04 Å². The Bertz CT molecular complexity index is 529. The second-order valence-electron chi connectivity index (χ2n) is 4.45. The molecule has 1 aromatic carbocycles. The molecule has 2 rings (SSSR count). The van der Waals surface area contributed by atoms with Gasteiger partial charge in [0.15, 0.2) is 0 Å². The van der Waals surface area contributed by atoms with Gasteiger partial charge in [0, 0.05) is 28.5 Å². The van der Waals surface area contributed by atoms with E-state index in [2.05, 4.69) is 23.3 Å². The summed E-state index contributed by atoms with van der Waals surface area (Å²) in [5.74, 6) is 0.